The molecule has 1 rings (SSSR count). The van der Waals surface area contributed by atoms with Crippen molar-refractivity contribution in [3.05, 3.63) is 29.8 Å². The molecule has 0 spiro atoms. The van der Waals surface area contributed by atoms with Crippen LogP contribution < -0.4 is 4.74 Å². The highest BCUT2D eigenvalue weighted by Gasteiger charge is 2.21. The van der Waals surface area contributed by atoms with E-state index in [4.69, 9.17) is 9.47 Å². The molecule has 1 atom stereocenters. The summed E-state index contributed by atoms with van der Waals surface area (Å²) in [5.74, 6) is 0.485. The van der Waals surface area contributed by atoms with Crippen LogP contribution in [0.25, 0.3) is 0 Å². The maximum atomic E-state index is 12.1. The average Bonchev–Trinajstić information content (AvgIpc) is 2.58. The number of rotatable bonds is 13. The van der Waals surface area contributed by atoms with Crippen LogP contribution in [-0.2, 0) is 9.53 Å². The van der Waals surface area contributed by atoms with Crippen molar-refractivity contribution in [3.63, 3.8) is 0 Å². The van der Waals surface area contributed by atoms with Gasteiger partial charge in [0.25, 0.3) is 0 Å². The SMILES string of the molecule is CCCCCCCCCCC(Oc1ccc(C)cc1)C(=O)OCC. The van der Waals surface area contributed by atoms with E-state index in [1.807, 2.05) is 38.1 Å². The molecule has 0 bridgehead atoms. The van der Waals surface area contributed by atoms with Gasteiger partial charge in [-0.3, -0.25) is 0 Å². The van der Waals surface area contributed by atoms with Crippen molar-refractivity contribution in [2.75, 3.05) is 6.61 Å². The number of unbranched alkanes of at least 4 members (excludes halogenated alkanes) is 7. The van der Waals surface area contributed by atoms with Crippen LogP contribution >= 0.6 is 0 Å². The van der Waals surface area contributed by atoms with E-state index in [1.54, 1.807) is 0 Å². The smallest absolute Gasteiger partial charge is 0.347 e. The Morgan fingerprint density at radius 2 is 1.50 bits per heavy atom. The van der Waals surface area contributed by atoms with Gasteiger partial charge < -0.3 is 9.47 Å². The normalized spacial score (nSPS) is 12.0. The highest BCUT2D eigenvalue weighted by Crippen LogP contribution is 2.18. The van der Waals surface area contributed by atoms with Gasteiger partial charge in [-0.1, -0.05) is 69.6 Å². The van der Waals surface area contributed by atoms with Crippen LogP contribution in [0.2, 0.25) is 0 Å². The molecule has 0 aromatic heterocycles. The summed E-state index contributed by atoms with van der Waals surface area (Å²) in [7, 11) is 0. The van der Waals surface area contributed by atoms with E-state index < -0.39 is 6.10 Å². The van der Waals surface area contributed by atoms with Gasteiger partial charge in [-0.05, 0) is 38.8 Å². The lowest BCUT2D eigenvalue weighted by Crippen LogP contribution is -2.29. The van der Waals surface area contributed by atoms with E-state index in [0.29, 0.717) is 6.61 Å². The molecule has 1 aromatic rings. The van der Waals surface area contributed by atoms with Crippen molar-refractivity contribution in [3.8, 4) is 5.75 Å². The maximum absolute atomic E-state index is 12.1. The Morgan fingerprint density at radius 3 is 2.08 bits per heavy atom. The number of carbonyl (C=O) groups is 1. The summed E-state index contributed by atoms with van der Waals surface area (Å²) < 4.78 is 11.0. The minimum absolute atomic E-state index is 0.249. The third-order valence-corrected chi connectivity index (χ3v) is 4.17. The predicted molar refractivity (Wildman–Crippen MR) is 99.5 cm³/mol. The van der Waals surface area contributed by atoms with Gasteiger partial charge in [0.15, 0.2) is 6.10 Å². The monoisotopic (exact) mass is 334 g/mol. The Hall–Kier alpha value is -1.51. The molecule has 0 aliphatic rings. The zero-order valence-electron chi connectivity index (χ0n) is 15.7. The zero-order valence-corrected chi connectivity index (χ0v) is 15.7. The van der Waals surface area contributed by atoms with Crippen LogP contribution in [0.5, 0.6) is 5.75 Å². The fraction of sp³-hybridized carbons (Fsp3) is 0.667. The predicted octanol–water partition coefficient (Wildman–Crippen LogP) is 5.84. The minimum Gasteiger partial charge on any atom is -0.479 e. The summed E-state index contributed by atoms with van der Waals surface area (Å²) in [4.78, 5) is 12.1. The fourth-order valence-corrected chi connectivity index (χ4v) is 2.70. The van der Waals surface area contributed by atoms with Crippen molar-refractivity contribution < 1.29 is 14.3 Å². The van der Waals surface area contributed by atoms with Gasteiger partial charge >= 0.3 is 5.97 Å². The molecule has 0 N–H and O–H groups in total. The Balaban J connectivity index is 2.34. The number of carbonyl (C=O) groups excluding carboxylic acids is 1. The number of hydrogen-bond donors (Lipinski definition) is 0. The van der Waals surface area contributed by atoms with Crippen LogP contribution in [0.4, 0.5) is 0 Å². The molecule has 0 amide bonds. The first kappa shape index (κ1) is 20.5. The lowest BCUT2D eigenvalue weighted by atomic mass is 10.1. The molecule has 0 radical (unpaired) electrons. The third kappa shape index (κ3) is 8.95. The lowest BCUT2D eigenvalue weighted by molar-refractivity contribution is -0.151. The van der Waals surface area contributed by atoms with E-state index in [-0.39, 0.29) is 5.97 Å². The quantitative estimate of drug-likeness (QED) is 0.336. The number of benzene rings is 1. The number of ether oxygens (including phenoxy) is 2. The summed E-state index contributed by atoms with van der Waals surface area (Å²) in [6, 6.07) is 7.81. The standard InChI is InChI=1S/C21H34O3/c1-4-6-7-8-9-10-11-12-13-20(21(22)23-5-2)24-19-16-14-18(3)15-17-19/h14-17,20H,4-13H2,1-3H3. The average molecular weight is 335 g/mol. The van der Waals surface area contributed by atoms with Crippen LogP contribution in [-0.4, -0.2) is 18.7 Å². The molecule has 3 heteroatoms. The van der Waals surface area contributed by atoms with E-state index in [2.05, 4.69) is 6.92 Å². The van der Waals surface area contributed by atoms with E-state index in [9.17, 15) is 4.79 Å². The molecule has 0 heterocycles. The summed E-state index contributed by atoms with van der Waals surface area (Å²) >= 11 is 0. The Kier molecular flexibility index (Phi) is 11.0. The molecule has 0 aliphatic heterocycles. The van der Waals surface area contributed by atoms with Crippen LogP contribution in [0.15, 0.2) is 24.3 Å². The van der Waals surface area contributed by atoms with Crippen molar-refractivity contribution >= 4 is 5.97 Å². The second kappa shape index (κ2) is 12.9. The second-order valence-electron chi connectivity index (χ2n) is 6.44. The van der Waals surface area contributed by atoms with Gasteiger partial charge in [-0.25, -0.2) is 4.79 Å². The van der Waals surface area contributed by atoms with Crippen molar-refractivity contribution in [2.45, 2.75) is 84.7 Å². The molecule has 0 aliphatic carbocycles. The third-order valence-electron chi connectivity index (χ3n) is 4.17. The van der Waals surface area contributed by atoms with Crippen molar-refractivity contribution in [1.29, 1.82) is 0 Å². The molecule has 0 saturated heterocycles. The molecule has 136 valence electrons. The number of esters is 1. The Labute approximate surface area is 147 Å². The molecule has 1 unspecified atom stereocenters. The number of aryl methyl sites for hydroxylation is 1. The van der Waals surface area contributed by atoms with Crippen molar-refractivity contribution in [1.82, 2.24) is 0 Å². The Morgan fingerprint density at radius 1 is 0.917 bits per heavy atom. The van der Waals surface area contributed by atoms with E-state index >= 15 is 0 Å². The molecule has 1 aromatic carbocycles. The van der Waals surface area contributed by atoms with Gasteiger partial charge in [0.05, 0.1) is 6.61 Å². The van der Waals surface area contributed by atoms with Gasteiger partial charge in [0.1, 0.15) is 5.75 Å². The molecule has 0 fully saturated rings. The van der Waals surface area contributed by atoms with Crippen molar-refractivity contribution in [2.24, 2.45) is 0 Å². The van der Waals surface area contributed by atoms with Gasteiger partial charge in [0, 0.05) is 0 Å². The minimum atomic E-state index is -0.493. The van der Waals surface area contributed by atoms with E-state index in [1.165, 1.54) is 44.1 Å². The largest absolute Gasteiger partial charge is 0.479 e. The highest BCUT2D eigenvalue weighted by molar-refractivity contribution is 5.75. The first-order valence-corrected chi connectivity index (χ1v) is 9.57. The molecule has 3 nitrogen and oxygen atoms in total. The Bertz CT molecular complexity index is 439. The molecule has 0 saturated carbocycles. The first-order chi connectivity index (χ1) is 11.7. The van der Waals surface area contributed by atoms with Gasteiger partial charge in [-0.15, -0.1) is 0 Å². The van der Waals surface area contributed by atoms with E-state index in [0.717, 1.165) is 25.0 Å². The zero-order chi connectivity index (χ0) is 17.6. The van der Waals surface area contributed by atoms with Crippen LogP contribution in [0.3, 0.4) is 0 Å². The summed E-state index contributed by atoms with van der Waals surface area (Å²) in [5, 5.41) is 0. The fourth-order valence-electron chi connectivity index (χ4n) is 2.70. The summed E-state index contributed by atoms with van der Waals surface area (Å²) in [6.45, 7) is 6.50. The molecule has 24 heavy (non-hydrogen) atoms. The lowest BCUT2D eigenvalue weighted by Gasteiger charge is -2.17. The topological polar surface area (TPSA) is 35.5 Å². The van der Waals surface area contributed by atoms with Crippen LogP contribution in [0.1, 0.15) is 77.2 Å². The summed E-state index contributed by atoms with van der Waals surface area (Å²) in [5.41, 5.74) is 1.18. The summed E-state index contributed by atoms with van der Waals surface area (Å²) in [6.07, 6.45) is 10.2. The van der Waals surface area contributed by atoms with Crippen LogP contribution in [0, 0.1) is 6.92 Å². The first-order valence-electron chi connectivity index (χ1n) is 9.57. The highest BCUT2D eigenvalue weighted by atomic mass is 16.6. The molecular weight excluding hydrogens is 300 g/mol. The molecular formula is C21H34O3. The second-order valence-corrected chi connectivity index (χ2v) is 6.44. The number of hydrogen-bond acceptors (Lipinski definition) is 3. The maximum Gasteiger partial charge on any atom is 0.347 e. The van der Waals surface area contributed by atoms with Gasteiger partial charge in [-0.2, -0.15) is 0 Å². The van der Waals surface area contributed by atoms with Gasteiger partial charge in [0.2, 0.25) is 0 Å².